The van der Waals surface area contributed by atoms with Gasteiger partial charge in [0, 0.05) is 32.0 Å². The number of thioether (sulfide) groups is 1. The zero-order chi connectivity index (χ0) is 18.6. The zero-order valence-electron chi connectivity index (χ0n) is 15.0. The lowest BCUT2D eigenvalue weighted by molar-refractivity contribution is 0.0946. The van der Waals surface area contributed by atoms with Crippen LogP contribution < -0.4 is 10.2 Å². The number of hydrogen-bond acceptors (Lipinski definition) is 8. The zero-order valence-corrected chi connectivity index (χ0v) is 15.8. The molecule has 3 aromatic heterocycles. The maximum absolute atomic E-state index is 12.1. The summed E-state index contributed by atoms with van der Waals surface area (Å²) in [5.74, 6) is 0.702. The van der Waals surface area contributed by atoms with Gasteiger partial charge in [-0.25, -0.2) is 19.6 Å². The highest BCUT2D eigenvalue weighted by Crippen LogP contribution is 2.28. The number of anilines is 1. The Morgan fingerprint density at radius 1 is 1.22 bits per heavy atom. The number of fused-ring (bicyclic) bond motifs is 1. The fourth-order valence-corrected chi connectivity index (χ4v) is 3.48. The molecule has 1 saturated heterocycles. The highest BCUT2D eigenvalue weighted by atomic mass is 32.2. The molecule has 27 heavy (non-hydrogen) atoms. The van der Waals surface area contributed by atoms with Crippen molar-refractivity contribution >= 4 is 34.5 Å². The van der Waals surface area contributed by atoms with E-state index in [0.717, 1.165) is 35.1 Å². The van der Waals surface area contributed by atoms with Gasteiger partial charge in [-0.05, 0) is 19.1 Å². The lowest BCUT2D eigenvalue weighted by atomic mass is 10.3. The molecule has 0 unspecified atom stereocenters. The maximum Gasteiger partial charge on any atom is 0.271 e. The molecule has 0 aromatic carbocycles. The molecule has 10 heteroatoms. The summed E-state index contributed by atoms with van der Waals surface area (Å²) in [5.41, 5.74) is 1.09. The van der Waals surface area contributed by atoms with Crippen LogP contribution in [-0.2, 0) is 6.54 Å². The van der Waals surface area contributed by atoms with Gasteiger partial charge in [-0.15, -0.1) is 0 Å². The molecular formula is C17H20N8OS. The number of carbonyl (C=O) groups excluding carboxylic acids is 1. The minimum atomic E-state index is -0.253. The summed E-state index contributed by atoms with van der Waals surface area (Å²) in [5, 5.41) is 9.00. The minimum Gasteiger partial charge on any atom is -0.356 e. The molecule has 1 aliphatic rings. The summed E-state index contributed by atoms with van der Waals surface area (Å²) in [6.45, 7) is 2.96. The number of rotatable bonds is 6. The number of hydrogen-bond donors (Lipinski definition) is 1. The van der Waals surface area contributed by atoms with Crippen molar-refractivity contribution in [3.63, 3.8) is 0 Å². The van der Waals surface area contributed by atoms with Gasteiger partial charge in [0.15, 0.2) is 10.8 Å². The van der Waals surface area contributed by atoms with Crippen LogP contribution in [0.3, 0.4) is 0 Å². The molecule has 1 amide bonds. The van der Waals surface area contributed by atoms with Gasteiger partial charge in [0.25, 0.3) is 5.91 Å². The average molecular weight is 384 g/mol. The Kier molecular flexibility index (Phi) is 5.14. The van der Waals surface area contributed by atoms with E-state index in [4.69, 9.17) is 4.98 Å². The monoisotopic (exact) mass is 384 g/mol. The van der Waals surface area contributed by atoms with Gasteiger partial charge in [0.05, 0.1) is 24.3 Å². The van der Waals surface area contributed by atoms with E-state index in [9.17, 15) is 4.79 Å². The summed E-state index contributed by atoms with van der Waals surface area (Å²) in [6.07, 6.45) is 10.6. The summed E-state index contributed by atoms with van der Waals surface area (Å²) in [4.78, 5) is 31.6. The standard InChI is InChI=1S/C17H20N8OS/c1-27-17-22-14(24-7-2-3-8-24)12-10-21-25(15(12)23-17)9-6-20-16(26)13-11-18-4-5-19-13/h4-5,10-11H,2-3,6-9H2,1H3,(H,20,26). The van der Waals surface area contributed by atoms with Crippen LogP contribution in [0.1, 0.15) is 23.3 Å². The first-order chi connectivity index (χ1) is 13.3. The summed E-state index contributed by atoms with van der Waals surface area (Å²) < 4.78 is 1.81. The van der Waals surface area contributed by atoms with Gasteiger partial charge >= 0.3 is 0 Å². The lowest BCUT2D eigenvalue weighted by Crippen LogP contribution is -2.28. The highest BCUT2D eigenvalue weighted by Gasteiger charge is 2.20. The van der Waals surface area contributed by atoms with Crippen LogP contribution in [0.4, 0.5) is 5.82 Å². The van der Waals surface area contributed by atoms with Crippen LogP contribution in [-0.4, -0.2) is 61.5 Å². The fourth-order valence-electron chi connectivity index (χ4n) is 3.13. The Bertz CT molecular complexity index is 939. The molecule has 0 aliphatic carbocycles. The van der Waals surface area contributed by atoms with Crippen molar-refractivity contribution in [1.29, 1.82) is 0 Å². The Balaban J connectivity index is 1.52. The van der Waals surface area contributed by atoms with Crippen LogP contribution in [0.25, 0.3) is 11.0 Å². The van der Waals surface area contributed by atoms with Gasteiger partial charge in [-0.2, -0.15) is 5.10 Å². The molecule has 1 fully saturated rings. The van der Waals surface area contributed by atoms with E-state index in [1.165, 1.54) is 43.2 Å². The molecule has 4 rings (SSSR count). The molecule has 0 saturated carbocycles. The Labute approximate surface area is 160 Å². The summed E-state index contributed by atoms with van der Waals surface area (Å²) >= 11 is 1.52. The smallest absolute Gasteiger partial charge is 0.271 e. The van der Waals surface area contributed by atoms with E-state index in [1.807, 2.05) is 17.1 Å². The normalized spacial score (nSPS) is 14.0. The van der Waals surface area contributed by atoms with Crippen molar-refractivity contribution in [2.75, 3.05) is 30.8 Å². The predicted molar refractivity (Wildman–Crippen MR) is 103 cm³/mol. The largest absolute Gasteiger partial charge is 0.356 e. The molecule has 3 aromatic rings. The lowest BCUT2D eigenvalue weighted by Gasteiger charge is -2.17. The molecule has 140 valence electrons. The topological polar surface area (TPSA) is 102 Å². The molecule has 0 bridgehead atoms. The summed E-state index contributed by atoms with van der Waals surface area (Å²) in [7, 11) is 0. The fraction of sp³-hybridized carbons (Fsp3) is 0.412. The third-order valence-electron chi connectivity index (χ3n) is 4.45. The average Bonchev–Trinajstić information content (AvgIpc) is 3.38. The van der Waals surface area contributed by atoms with Gasteiger partial charge < -0.3 is 10.2 Å². The van der Waals surface area contributed by atoms with E-state index in [0.29, 0.717) is 18.8 Å². The SMILES string of the molecule is CSc1nc(N2CCCC2)c2cnn(CCNC(=O)c3cnccn3)c2n1. The van der Waals surface area contributed by atoms with Crippen molar-refractivity contribution < 1.29 is 4.79 Å². The highest BCUT2D eigenvalue weighted by molar-refractivity contribution is 7.98. The van der Waals surface area contributed by atoms with Crippen molar-refractivity contribution in [3.8, 4) is 0 Å². The number of amides is 1. The van der Waals surface area contributed by atoms with Crippen molar-refractivity contribution in [2.45, 2.75) is 24.5 Å². The number of nitrogens with one attached hydrogen (secondary N) is 1. The first-order valence-corrected chi connectivity index (χ1v) is 10.1. The van der Waals surface area contributed by atoms with E-state index in [1.54, 1.807) is 0 Å². The van der Waals surface area contributed by atoms with Crippen LogP contribution in [0.2, 0.25) is 0 Å². The van der Waals surface area contributed by atoms with Crippen molar-refractivity contribution in [3.05, 3.63) is 30.5 Å². The summed E-state index contributed by atoms with van der Waals surface area (Å²) in [6, 6.07) is 0. The van der Waals surface area contributed by atoms with E-state index < -0.39 is 0 Å². The van der Waals surface area contributed by atoms with Gasteiger partial charge in [0.1, 0.15) is 11.5 Å². The number of nitrogens with zero attached hydrogens (tertiary/aromatic N) is 7. The molecule has 9 nitrogen and oxygen atoms in total. The second-order valence-corrected chi connectivity index (χ2v) is 6.95. The molecular weight excluding hydrogens is 364 g/mol. The van der Waals surface area contributed by atoms with Crippen LogP contribution >= 0.6 is 11.8 Å². The second kappa shape index (κ2) is 7.87. The third kappa shape index (κ3) is 3.70. The molecule has 0 atom stereocenters. The predicted octanol–water partition coefficient (Wildman–Crippen LogP) is 1.37. The van der Waals surface area contributed by atoms with Crippen LogP contribution in [0.5, 0.6) is 0 Å². The molecule has 1 N–H and O–H groups in total. The van der Waals surface area contributed by atoms with Crippen LogP contribution in [0, 0.1) is 0 Å². The van der Waals surface area contributed by atoms with E-state index in [2.05, 4.69) is 30.3 Å². The van der Waals surface area contributed by atoms with Gasteiger partial charge in [-0.1, -0.05) is 11.8 Å². The molecule has 0 radical (unpaired) electrons. The van der Waals surface area contributed by atoms with E-state index in [-0.39, 0.29) is 5.91 Å². The quantitative estimate of drug-likeness (QED) is 0.502. The maximum atomic E-state index is 12.1. The number of carbonyl (C=O) groups is 1. The Morgan fingerprint density at radius 3 is 2.81 bits per heavy atom. The Hall–Kier alpha value is -2.75. The first kappa shape index (κ1) is 17.7. The second-order valence-electron chi connectivity index (χ2n) is 6.18. The number of aromatic nitrogens is 6. The van der Waals surface area contributed by atoms with Crippen LogP contribution in [0.15, 0.2) is 29.9 Å². The van der Waals surface area contributed by atoms with Crippen molar-refractivity contribution in [2.24, 2.45) is 0 Å². The molecule has 1 aliphatic heterocycles. The molecule has 4 heterocycles. The van der Waals surface area contributed by atoms with Gasteiger partial charge in [0.2, 0.25) is 0 Å². The van der Waals surface area contributed by atoms with Crippen molar-refractivity contribution in [1.82, 2.24) is 35.0 Å². The van der Waals surface area contributed by atoms with Gasteiger partial charge in [-0.3, -0.25) is 9.78 Å². The molecule has 0 spiro atoms. The first-order valence-electron chi connectivity index (χ1n) is 8.83. The minimum absolute atomic E-state index is 0.253. The van der Waals surface area contributed by atoms with E-state index >= 15 is 0 Å². The third-order valence-corrected chi connectivity index (χ3v) is 5.00. The Morgan fingerprint density at radius 2 is 2.07 bits per heavy atom.